The minimum Gasteiger partial charge on any atom is -0.479 e. The fraction of sp³-hybridized carbons (Fsp3) is 0.222. The standard InChI is InChI=1S/C9H8ClNO5/c1-4-2-5(8(12)9(13)14)7(11(15)16)6(10)3-4/h2-3,8,12H,1H3,(H,13,14). The number of aliphatic hydroxyl groups excluding tert-OH is 1. The summed E-state index contributed by atoms with van der Waals surface area (Å²) in [5.41, 5.74) is -0.365. The topological polar surface area (TPSA) is 101 Å². The van der Waals surface area contributed by atoms with E-state index in [-0.39, 0.29) is 10.6 Å². The maximum absolute atomic E-state index is 10.7. The Hall–Kier alpha value is -1.66. The molecule has 1 unspecified atom stereocenters. The van der Waals surface area contributed by atoms with Crippen LogP contribution in [0.25, 0.3) is 0 Å². The van der Waals surface area contributed by atoms with Crippen molar-refractivity contribution in [2.45, 2.75) is 13.0 Å². The van der Waals surface area contributed by atoms with E-state index in [0.717, 1.165) is 0 Å². The van der Waals surface area contributed by atoms with E-state index in [0.29, 0.717) is 5.56 Å². The van der Waals surface area contributed by atoms with Gasteiger partial charge in [-0.1, -0.05) is 11.6 Å². The van der Waals surface area contributed by atoms with Crippen LogP contribution in [-0.2, 0) is 4.79 Å². The smallest absolute Gasteiger partial charge is 0.337 e. The Bertz CT molecular complexity index is 459. The van der Waals surface area contributed by atoms with Crippen molar-refractivity contribution in [2.75, 3.05) is 0 Å². The summed E-state index contributed by atoms with van der Waals surface area (Å²) < 4.78 is 0. The zero-order chi connectivity index (χ0) is 12.5. The van der Waals surface area contributed by atoms with Gasteiger partial charge in [-0.2, -0.15) is 0 Å². The average Bonchev–Trinajstić information content (AvgIpc) is 2.14. The maximum Gasteiger partial charge on any atom is 0.337 e. The van der Waals surface area contributed by atoms with Gasteiger partial charge in [0.25, 0.3) is 5.69 Å². The third kappa shape index (κ3) is 2.29. The number of benzene rings is 1. The van der Waals surface area contributed by atoms with Gasteiger partial charge in [-0.05, 0) is 24.6 Å². The van der Waals surface area contributed by atoms with Gasteiger partial charge in [0.1, 0.15) is 5.02 Å². The number of aliphatic hydroxyl groups is 1. The highest BCUT2D eigenvalue weighted by molar-refractivity contribution is 6.32. The molecule has 86 valence electrons. The van der Waals surface area contributed by atoms with Crippen molar-refractivity contribution in [3.63, 3.8) is 0 Å². The van der Waals surface area contributed by atoms with Crippen LogP contribution < -0.4 is 0 Å². The van der Waals surface area contributed by atoms with Crippen LogP contribution in [0.15, 0.2) is 12.1 Å². The van der Waals surface area contributed by atoms with Gasteiger partial charge in [-0.15, -0.1) is 0 Å². The molecule has 0 amide bonds. The first-order chi connectivity index (χ1) is 7.34. The number of halogens is 1. The molecule has 1 atom stereocenters. The number of aliphatic carboxylic acids is 1. The molecular formula is C9H8ClNO5. The van der Waals surface area contributed by atoms with E-state index in [2.05, 4.69) is 0 Å². The van der Waals surface area contributed by atoms with Crippen molar-refractivity contribution in [3.05, 3.63) is 38.4 Å². The van der Waals surface area contributed by atoms with Crippen LogP contribution in [0.5, 0.6) is 0 Å². The van der Waals surface area contributed by atoms with E-state index >= 15 is 0 Å². The number of hydrogen-bond acceptors (Lipinski definition) is 4. The van der Waals surface area contributed by atoms with Gasteiger partial charge >= 0.3 is 5.97 Å². The molecule has 0 spiro atoms. The molecule has 0 saturated carbocycles. The van der Waals surface area contributed by atoms with Crippen LogP contribution in [0.3, 0.4) is 0 Å². The van der Waals surface area contributed by atoms with Crippen molar-refractivity contribution in [1.29, 1.82) is 0 Å². The van der Waals surface area contributed by atoms with Crippen molar-refractivity contribution in [2.24, 2.45) is 0 Å². The SMILES string of the molecule is Cc1cc(Cl)c([N+](=O)[O-])c(C(O)C(=O)O)c1. The van der Waals surface area contributed by atoms with Crippen LogP contribution in [0.4, 0.5) is 5.69 Å². The van der Waals surface area contributed by atoms with E-state index in [4.69, 9.17) is 16.7 Å². The summed E-state index contributed by atoms with van der Waals surface area (Å²) in [5.74, 6) is -1.57. The first-order valence-electron chi connectivity index (χ1n) is 4.20. The van der Waals surface area contributed by atoms with Gasteiger partial charge in [0.15, 0.2) is 6.10 Å². The van der Waals surface area contributed by atoms with Crippen LogP contribution in [0, 0.1) is 17.0 Å². The maximum atomic E-state index is 10.7. The zero-order valence-electron chi connectivity index (χ0n) is 8.18. The van der Waals surface area contributed by atoms with Gasteiger partial charge in [-0.3, -0.25) is 10.1 Å². The summed E-state index contributed by atoms with van der Waals surface area (Å²) in [5, 5.41) is 28.4. The predicted octanol–water partition coefficient (Wildman–Crippen LogP) is 1.67. The fourth-order valence-electron chi connectivity index (χ4n) is 1.30. The normalized spacial score (nSPS) is 12.2. The molecule has 0 bridgehead atoms. The molecular weight excluding hydrogens is 238 g/mol. The predicted molar refractivity (Wildman–Crippen MR) is 55.4 cm³/mol. The Morgan fingerprint density at radius 3 is 2.56 bits per heavy atom. The Balaban J connectivity index is 3.46. The van der Waals surface area contributed by atoms with E-state index in [1.165, 1.54) is 12.1 Å². The van der Waals surface area contributed by atoms with Gasteiger partial charge in [0.05, 0.1) is 10.5 Å². The quantitative estimate of drug-likeness (QED) is 0.623. The summed E-state index contributed by atoms with van der Waals surface area (Å²) in [6, 6.07) is 2.56. The molecule has 0 aliphatic rings. The minimum atomic E-state index is -1.96. The van der Waals surface area contributed by atoms with Gasteiger partial charge < -0.3 is 10.2 Å². The van der Waals surface area contributed by atoms with Crippen molar-refractivity contribution in [3.8, 4) is 0 Å². The molecule has 0 heterocycles. The molecule has 0 saturated heterocycles. The van der Waals surface area contributed by atoms with Crippen LogP contribution in [0.1, 0.15) is 17.2 Å². The Labute approximate surface area is 95.2 Å². The molecule has 0 aliphatic carbocycles. The fourth-order valence-corrected chi connectivity index (χ4v) is 1.65. The van der Waals surface area contributed by atoms with Crippen molar-refractivity contribution >= 4 is 23.3 Å². The highest BCUT2D eigenvalue weighted by atomic mass is 35.5. The summed E-state index contributed by atoms with van der Waals surface area (Å²) in [6.07, 6.45) is -1.96. The van der Waals surface area contributed by atoms with Gasteiger partial charge in [0, 0.05) is 0 Å². The van der Waals surface area contributed by atoms with Crippen LogP contribution >= 0.6 is 11.6 Å². The van der Waals surface area contributed by atoms with Crippen molar-refractivity contribution in [1.82, 2.24) is 0 Å². The highest BCUT2D eigenvalue weighted by Crippen LogP contribution is 2.33. The summed E-state index contributed by atoms with van der Waals surface area (Å²) in [4.78, 5) is 20.5. The van der Waals surface area contributed by atoms with E-state index < -0.39 is 22.7 Å². The van der Waals surface area contributed by atoms with Crippen LogP contribution in [0.2, 0.25) is 5.02 Å². The second-order valence-corrected chi connectivity index (χ2v) is 3.59. The molecule has 0 fully saturated rings. The largest absolute Gasteiger partial charge is 0.479 e. The summed E-state index contributed by atoms with van der Waals surface area (Å²) in [6.45, 7) is 1.59. The molecule has 0 aromatic heterocycles. The monoisotopic (exact) mass is 245 g/mol. The van der Waals surface area contributed by atoms with Gasteiger partial charge in [0.2, 0.25) is 0 Å². The molecule has 1 aromatic rings. The molecule has 0 radical (unpaired) electrons. The van der Waals surface area contributed by atoms with E-state index in [9.17, 15) is 20.0 Å². The van der Waals surface area contributed by atoms with Gasteiger partial charge in [-0.25, -0.2) is 4.79 Å². The second-order valence-electron chi connectivity index (χ2n) is 3.18. The minimum absolute atomic E-state index is 0.194. The molecule has 6 nitrogen and oxygen atoms in total. The number of rotatable bonds is 3. The highest BCUT2D eigenvalue weighted by Gasteiger charge is 2.28. The Morgan fingerprint density at radius 2 is 2.12 bits per heavy atom. The molecule has 16 heavy (non-hydrogen) atoms. The third-order valence-electron chi connectivity index (χ3n) is 1.95. The van der Waals surface area contributed by atoms with E-state index in [1.807, 2.05) is 0 Å². The lowest BCUT2D eigenvalue weighted by Gasteiger charge is -2.08. The lowest BCUT2D eigenvalue weighted by molar-refractivity contribution is -0.385. The van der Waals surface area contributed by atoms with Crippen LogP contribution in [-0.4, -0.2) is 21.1 Å². The zero-order valence-corrected chi connectivity index (χ0v) is 8.93. The summed E-state index contributed by atoms with van der Waals surface area (Å²) in [7, 11) is 0. The lowest BCUT2D eigenvalue weighted by atomic mass is 10.0. The lowest BCUT2D eigenvalue weighted by Crippen LogP contribution is -2.13. The number of nitrogens with zero attached hydrogens (tertiary/aromatic N) is 1. The Kier molecular flexibility index (Phi) is 3.46. The number of aryl methyl sites for hydroxylation is 1. The average molecular weight is 246 g/mol. The number of carboxylic acids is 1. The number of carboxylic acid groups (broad SMARTS) is 1. The third-order valence-corrected chi connectivity index (χ3v) is 2.24. The van der Waals surface area contributed by atoms with Crippen molar-refractivity contribution < 1.29 is 19.9 Å². The molecule has 1 rings (SSSR count). The second kappa shape index (κ2) is 4.46. The van der Waals surface area contributed by atoms with E-state index in [1.54, 1.807) is 6.92 Å². The molecule has 2 N–H and O–H groups in total. The number of carbonyl (C=O) groups is 1. The molecule has 0 aliphatic heterocycles. The first kappa shape index (κ1) is 12.4. The first-order valence-corrected chi connectivity index (χ1v) is 4.57. The molecule has 7 heteroatoms. The summed E-state index contributed by atoms with van der Waals surface area (Å²) >= 11 is 5.63. The number of hydrogen-bond donors (Lipinski definition) is 2. The molecule has 1 aromatic carbocycles. The number of nitro groups is 1. The Morgan fingerprint density at radius 1 is 1.56 bits per heavy atom. The number of nitro benzene ring substituents is 1.